The van der Waals surface area contributed by atoms with Gasteiger partial charge in [-0.15, -0.1) is 0 Å². The second-order valence-corrected chi connectivity index (χ2v) is 8.69. The molecule has 0 spiro atoms. The Balaban J connectivity index is 2.68. The van der Waals surface area contributed by atoms with Crippen LogP contribution in [0.2, 0.25) is 0 Å². The molecule has 3 N–H and O–H groups in total. The SMILES string of the molecule is CCCCCCNC(=O)C(C)(CNC(=O)OCc1ccccc1)NC(=O)OC(C)(C)C. The first-order chi connectivity index (χ1) is 14.6. The minimum absolute atomic E-state index is 0.104. The smallest absolute Gasteiger partial charge is 0.408 e. The quantitative estimate of drug-likeness (QED) is 0.457. The van der Waals surface area contributed by atoms with E-state index >= 15 is 0 Å². The topological polar surface area (TPSA) is 106 Å². The minimum Gasteiger partial charge on any atom is -0.445 e. The Labute approximate surface area is 185 Å². The molecule has 31 heavy (non-hydrogen) atoms. The van der Waals surface area contributed by atoms with Gasteiger partial charge in [-0.2, -0.15) is 0 Å². The first-order valence-electron chi connectivity index (χ1n) is 10.8. The number of carbonyl (C=O) groups excluding carboxylic acids is 3. The van der Waals surface area contributed by atoms with E-state index in [1.807, 2.05) is 30.3 Å². The van der Waals surface area contributed by atoms with Crippen molar-refractivity contribution >= 4 is 18.1 Å². The third-order valence-electron chi connectivity index (χ3n) is 4.39. The van der Waals surface area contributed by atoms with E-state index in [0.29, 0.717) is 6.54 Å². The van der Waals surface area contributed by atoms with Crippen LogP contribution in [-0.2, 0) is 20.9 Å². The molecule has 1 aromatic rings. The van der Waals surface area contributed by atoms with Gasteiger partial charge in [0.2, 0.25) is 5.91 Å². The van der Waals surface area contributed by atoms with Crippen LogP contribution in [-0.4, -0.2) is 42.3 Å². The molecule has 0 saturated carbocycles. The predicted octanol–water partition coefficient (Wildman–Crippen LogP) is 3.89. The predicted molar refractivity (Wildman–Crippen MR) is 120 cm³/mol. The maximum Gasteiger partial charge on any atom is 0.408 e. The molecule has 0 saturated heterocycles. The van der Waals surface area contributed by atoms with Crippen LogP contribution in [0.1, 0.15) is 65.9 Å². The van der Waals surface area contributed by atoms with Gasteiger partial charge in [-0.1, -0.05) is 56.5 Å². The van der Waals surface area contributed by atoms with Gasteiger partial charge in [0.05, 0.1) is 6.54 Å². The van der Waals surface area contributed by atoms with Gasteiger partial charge >= 0.3 is 12.2 Å². The molecule has 8 nitrogen and oxygen atoms in total. The van der Waals surface area contributed by atoms with Crippen molar-refractivity contribution in [2.45, 2.75) is 78.0 Å². The molecule has 174 valence electrons. The van der Waals surface area contributed by atoms with Crippen molar-refractivity contribution in [3.8, 4) is 0 Å². The van der Waals surface area contributed by atoms with E-state index in [2.05, 4.69) is 22.9 Å². The molecule has 8 heteroatoms. The summed E-state index contributed by atoms with van der Waals surface area (Å²) >= 11 is 0. The van der Waals surface area contributed by atoms with E-state index in [1.54, 1.807) is 20.8 Å². The number of nitrogens with one attached hydrogen (secondary N) is 3. The molecule has 0 heterocycles. The molecule has 0 aromatic heterocycles. The van der Waals surface area contributed by atoms with E-state index in [0.717, 1.165) is 31.2 Å². The van der Waals surface area contributed by atoms with Crippen LogP contribution < -0.4 is 16.0 Å². The van der Waals surface area contributed by atoms with Gasteiger partial charge in [0, 0.05) is 6.54 Å². The molecule has 0 aliphatic heterocycles. The van der Waals surface area contributed by atoms with Crippen molar-refractivity contribution in [3.05, 3.63) is 35.9 Å². The van der Waals surface area contributed by atoms with Crippen LogP contribution in [0.4, 0.5) is 9.59 Å². The lowest BCUT2D eigenvalue weighted by Gasteiger charge is -2.31. The Morgan fingerprint density at radius 1 is 0.903 bits per heavy atom. The number of carbonyl (C=O) groups is 3. The third-order valence-corrected chi connectivity index (χ3v) is 4.39. The molecular weight excluding hydrogens is 398 g/mol. The molecule has 1 aromatic carbocycles. The molecule has 0 aliphatic rings. The van der Waals surface area contributed by atoms with E-state index in [4.69, 9.17) is 9.47 Å². The largest absolute Gasteiger partial charge is 0.445 e. The fraction of sp³-hybridized carbons (Fsp3) is 0.609. The highest BCUT2D eigenvalue weighted by Crippen LogP contribution is 2.10. The number of unbranched alkanes of at least 4 members (excludes halogenated alkanes) is 3. The van der Waals surface area contributed by atoms with Crippen molar-refractivity contribution in [2.75, 3.05) is 13.1 Å². The van der Waals surface area contributed by atoms with Crippen LogP contribution in [0, 0.1) is 0 Å². The van der Waals surface area contributed by atoms with Crippen LogP contribution in [0.25, 0.3) is 0 Å². The summed E-state index contributed by atoms with van der Waals surface area (Å²) in [4.78, 5) is 37.2. The van der Waals surface area contributed by atoms with E-state index in [1.165, 1.54) is 6.92 Å². The maximum absolute atomic E-state index is 12.8. The number of hydrogen-bond donors (Lipinski definition) is 3. The van der Waals surface area contributed by atoms with Gasteiger partial charge in [-0.25, -0.2) is 9.59 Å². The Hall–Kier alpha value is -2.77. The number of benzene rings is 1. The number of rotatable bonds is 11. The standard InChI is InChI=1S/C23H37N3O5/c1-6-7-8-12-15-24-19(27)23(5,26-21(29)31-22(2,3)4)17-25-20(28)30-16-18-13-10-9-11-14-18/h9-11,13-14H,6-8,12,15-17H2,1-5H3,(H,24,27)(H,25,28)(H,26,29). The van der Waals surface area contributed by atoms with Crippen LogP contribution in [0.15, 0.2) is 30.3 Å². The number of amides is 3. The number of hydrogen-bond acceptors (Lipinski definition) is 5. The zero-order chi connectivity index (χ0) is 23.3. The lowest BCUT2D eigenvalue weighted by Crippen LogP contribution is -2.62. The second-order valence-electron chi connectivity index (χ2n) is 8.69. The van der Waals surface area contributed by atoms with Crippen molar-refractivity contribution in [3.63, 3.8) is 0 Å². The molecule has 1 atom stereocenters. The van der Waals surface area contributed by atoms with E-state index in [-0.39, 0.29) is 13.2 Å². The van der Waals surface area contributed by atoms with Crippen molar-refractivity contribution in [1.82, 2.24) is 16.0 Å². The summed E-state index contributed by atoms with van der Waals surface area (Å²) in [7, 11) is 0. The maximum atomic E-state index is 12.8. The second kappa shape index (κ2) is 12.8. The first-order valence-corrected chi connectivity index (χ1v) is 10.8. The Morgan fingerprint density at radius 2 is 1.58 bits per heavy atom. The monoisotopic (exact) mass is 435 g/mol. The summed E-state index contributed by atoms with van der Waals surface area (Å²) in [5, 5.41) is 7.98. The Morgan fingerprint density at radius 3 is 2.19 bits per heavy atom. The van der Waals surface area contributed by atoms with Crippen LogP contribution in [0.5, 0.6) is 0 Å². The molecule has 1 rings (SSSR count). The van der Waals surface area contributed by atoms with Gasteiger partial charge in [0.25, 0.3) is 0 Å². The zero-order valence-corrected chi connectivity index (χ0v) is 19.4. The van der Waals surface area contributed by atoms with Crippen molar-refractivity contribution < 1.29 is 23.9 Å². The molecule has 0 aliphatic carbocycles. The highest BCUT2D eigenvalue weighted by molar-refractivity contribution is 5.90. The average Bonchev–Trinajstić information content (AvgIpc) is 2.69. The molecule has 3 amide bonds. The summed E-state index contributed by atoms with van der Waals surface area (Å²) in [6.45, 7) is 9.29. The molecular formula is C23H37N3O5. The molecule has 1 unspecified atom stereocenters. The number of alkyl carbamates (subject to hydrolysis) is 2. The zero-order valence-electron chi connectivity index (χ0n) is 19.4. The lowest BCUT2D eigenvalue weighted by molar-refractivity contribution is -0.126. The van der Waals surface area contributed by atoms with Crippen molar-refractivity contribution in [1.29, 1.82) is 0 Å². The van der Waals surface area contributed by atoms with Crippen molar-refractivity contribution in [2.24, 2.45) is 0 Å². The Bertz CT molecular complexity index is 703. The molecule has 0 bridgehead atoms. The average molecular weight is 436 g/mol. The first kappa shape index (κ1) is 26.3. The van der Waals surface area contributed by atoms with E-state index in [9.17, 15) is 14.4 Å². The highest BCUT2D eigenvalue weighted by Gasteiger charge is 2.37. The van der Waals surface area contributed by atoms with Gasteiger partial charge < -0.3 is 25.4 Å². The van der Waals surface area contributed by atoms with Crippen LogP contribution in [0.3, 0.4) is 0 Å². The van der Waals surface area contributed by atoms with Gasteiger partial charge in [0.1, 0.15) is 17.7 Å². The van der Waals surface area contributed by atoms with E-state index < -0.39 is 29.2 Å². The fourth-order valence-electron chi connectivity index (χ4n) is 2.68. The Kier molecular flexibility index (Phi) is 10.9. The summed E-state index contributed by atoms with van der Waals surface area (Å²) in [5.74, 6) is -0.404. The number of ether oxygens (including phenoxy) is 2. The third kappa shape index (κ3) is 11.3. The summed E-state index contributed by atoms with van der Waals surface area (Å²) in [6.07, 6.45) is 2.62. The summed E-state index contributed by atoms with van der Waals surface area (Å²) in [5.41, 5.74) is -1.28. The van der Waals surface area contributed by atoms with Gasteiger partial charge in [-0.3, -0.25) is 4.79 Å². The van der Waals surface area contributed by atoms with Gasteiger partial charge in [-0.05, 0) is 39.7 Å². The molecule has 0 fully saturated rings. The fourth-order valence-corrected chi connectivity index (χ4v) is 2.68. The normalized spacial score (nSPS) is 12.9. The summed E-state index contributed by atoms with van der Waals surface area (Å²) in [6, 6.07) is 9.26. The highest BCUT2D eigenvalue weighted by atomic mass is 16.6. The minimum atomic E-state index is -1.40. The van der Waals surface area contributed by atoms with Gasteiger partial charge in [0.15, 0.2) is 0 Å². The summed E-state index contributed by atoms with van der Waals surface area (Å²) < 4.78 is 10.5. The molecule has 0 radical (unpaired) electrons. The van der Waals surface area contributed by atoms with Crippen LogP contribution >= 0.6 is 0 Å². The lowest BCUT2D eigenvalue weighted by atomic mass is 10.0.